The molecule has 1 aromatic rings. The maximum Gasteiger partial charge on any atom is 0.198 e. The summed E-state index contributed by atoms with van der Waals surface area (Å²) in [5, 5.41) is 0. The summed E-state index contributed by atoms with van der Waals surface area (Å²) in [6, 6.07) is 3.46. The molecular formula is C12H17BrO2. The summed E-state index contributed by atoms with van der Waals surface area (Å²) in [7, 11) is 0. The molecule has 0 amide bonds. The highest BCUT2D eigenvalue weighted by Crippen LogP contribution is 2.29. The Balaban J connectivity index is 2.64. The average Bonchev–Trinajstić information content (AvgIpc) is 2.50. The molecular weight excluding hydrogens is 256 g/mol. The minimum atomic E-state index is 0.0723. The Hall–Kier alpha value is -0.570. The number of furan rings is 1. The number of hydrogen-bond donors (Lipinski definition) is 0. The maximum absolute atomic E-state index is 11.8. The Morgan fingerprint density at radius 1 is 1.47 bits per heavy atom. The highest BCUT2D eigenvalue weighted by molar-refractivity contribution is 9.10. The summed E-state index contributed by atoms with van der Waals surface area (Å²) < 4.78 is 5.83. The van der Waals surface area contributed by atoms with Crippen LogP contribution in [0.1, 0.15) is 44.7 Å². The van der Waals surface area contributed by atoms with E-state index in [0.717, 1.165) is 0 Å². The van der Waals surface area contributed by atoms with Crippen LogP contribution in [0.15, 0.2) is 21.2 Å². The molecule has 0 bridgehead atoms. The predicted octanol–water partition coefficient (Wildman–Crippen LogP) is 4.30. The van der Waals surface area contributed by atoms with Crippen LogP contribution in [-0.2, 0) is 0 Å². The molecule has 0 spiro atoms. The zero-order chi connectivity index (χ0) is 11.6. The molecule has 0 aliphatic heterocycles. The van der Waals surface area contributed by atoms with Crippen LogP contribution in [0.2, 0.25) is 0 Å². The van der Waals surface area contributed by atoms with Crippen molar-refractivity contribution >= 4 is 21.7 Å². The minimum Gasteiger partial charge on any atom is -0.446 e. The fourth-order valence-corrected chi connectivity index (χ4v) is 1.46. The minimum absolute atomic E-state index is 0.0723. The van der Waals surface area contributed by atoms with E-state index in [1.165, 1.54) is 0 Å². The molecule has 0 saturated heterocycles. The summed E-state index contributed by atoms with van der Waals surface area (Å²) in [5.74, 6) is 0.856. The third-order valence-electron chi connectivity index (χ3n) is 2.82. The van der Waals surface area contributed by atoms with Gasteiger partial charge in [0.2, 0.25) is 0 Å². The number of hydrogen-bond acceptors (Lipinski definition) is 2. The van der Waals surface area contributed by atoms with Crippen molar-refractivity contribution in [1.82, 2.24) is 0 Å². The van der Waals surface area contributed by atoms with Crippen molar-refractivity contribution < 1.29 is 9.21 Å². The molecule has 0 saturated carbocycles. The summed E-state index contributed by atoms with van der Waals surface area (Å²) in [4.78, 5) is 11.8. The highest BCUT2D eigenvalue weighted by Gasteiger charge is 2.24. The molecule has 84 valence electrons. The molecule has 1 aromatic heterocycles. The molecule has 0 aliphatic rings. The van der Waals surface area contributed by atoms with Crippen molar-refractivity contribution in [3.8, 4) is 0 Å². The smallest absolute Gasteiger partial charge is 0.198 e. The lowest BCUT2D eigenvalue weighted by Crippen LogP contribution is -2.20. The van der Waals surface area contributed by atoms with Gasteiger partial charge < -0.3 is 4.42 Å². The van der Waals surface area contributed by atoms with Gasteiger partial charge in [-0.3, -0.25) is 4.79 Å². The second-order valence-electron chi connectivity index (χ2n) is 5.00. The van der Waals surface area contributed by atoms with Gasteiger partial charge in [-0.05, 0) is 39.4 Å². The third kappa shape index (κ3) is 3.49. The molecule has 15 heavy (non-hydrogen) atoms. The molecule has 1 unspecified atom stereocenters. The summed E-state index contributed by atoms with van der Waals surface area (Å²) in [6.45, 7) is 8.52. The standard InChI is InChI=1S/C12H17BrO2/c1-8(12(2,3)4)7-9(14)10-5-6-11(13)15-10/h5-6,8H,7H2,1-4H3. The molecule has 0 aromatic carbocycles. The van der Waals surface area contributed by atoms with Gasteiger partial charge >= 0.3 is 0 Å². The van der Waals surface area contributed by atoms with Gasteiger partial charge in [0.1, 0.15) is 0 Å². The Morgan fingerprint density at radius 2 is 2.07 bits per heavy atom. The molecule has 0 N–H and O–H groups in total. The normalized spacial score (nSPS) is 13.9. The van der Waals surface area contributed by atoms with Gasteiger partial charge in [0.05, 0.1) is 0 Å². The van der Waals surface area contributed by atoms with E-state index in [1.54, 1.807) is 12.1 Å². The van der Waals surface area contributed by atoms with Crippen molar-refractivity contribution in [1.29, 1.82) is 0 Å². The summed E-state index contributed by atoms with van der Waals surface area (Å²) >= 11 is 3.19. The molecule has 0 fully saturated rings. The fourth-order valence-electron chi connectivity index (χ4n) is 1.15. The first-order chi connectivity index (χ1) is 6.80. The van der Waals surface area contributed by atoms with Crippen LogP contribution >= 0.6 is 15.9 Å². The molecule has 0 radical (unpaired) electrons. The maximum atomic E-state index is 11.8. The van der Waals surface area contributed by atoms with Gasteiger partial charge in [-0.2, -0.15) is 0 Å². The molecule has 1 rings (SSSR count). The van der Waals surface area contributed by atoms with E-state index in [1.807, 2.05) is 0 Å². The van der Waals surface area contributed by atoms with E-state index < -0.39 is 0 Å². The number of ketones is 1. The van der Waals surface area contributed by atoms with Crippen LogP contribution in [0, 0.1) is 11.3 Å². The van der Waals surface area contributed by atoms with E-state index in [9.17, 15) is 4.79 Å². The second-order valence-corrected chi connectivity index (χ2v) is 5.78. The Labute approximate surface area is 99.2 Å². The second kappa shape index (κ2) is 4.52. The third-order valence-corrected chi connectivity index (χ3v) is 3.24. The average molecular weight is 273 g/mol. The van der Waals surface area contributed by atoms with Gasteiger partial charge in [-0.15, -0.1) is 0 Å². The fraction of sp³-hybridized carbons (Fsp3) is 0.583. The highest BCUT2D eigenvalue weighted by atomic mass is 79.9. The molecule has 2 nitrogen and oxygen atoms in total. The predicted molar refractivity (Wildman–Crippen MR) is 64.0 cm³/mol. The molecule has 1 atom stereocenters. The number of carbonyl (C=O) groups excluding carboxylic acids is 1. The largest absolute Gasteiger partial charge is 0.446 e. The van der Waals surface area contributed by atoms with Crippen LogP contribution < -0.4 is 0 Å². The first kappa shape index (κ1) is 12.5. The van der Waals surface area contributed by atoms with Crippen molar-refractivity contribution in [3.63, 3.8) is 0 Å². The first-order valence-electron chi connectivity index (χ1n) is 5.09. The lowest BCUT2D eigenvalue weighted by atomic mass is 9.79. The van der Waals surface area contributed by atoms with Crippen molar-refractivity contribution in [3.05, 3.63) is 22.6 Å². The molecule has 0 aliphatic carbocycles. The van der Waals surface area contributed by atoms with Gasteiger partial charge in [0.25, 0.3) is 0 Å². The monoisotopic (exact) mass is 272 g/mol. The Kier molecular flexibility index (Phi) is 3.77. The number of rotatable bonds is 3. The number of carbonyl (C=O) groups is 1. The van der Waals surface area contributed by atoms with E-state index in [-0.39, 0.29) is 11.2 Å². The Morgan fingerprint density at radius 3 is 2.47 bits per heavy atom. The lowest BCUT2D eigenvalue weighted by Gasteiger charge is -2.26. The number of Topliss-reactive ketones (excluding diaryl/α,β-unsaturated/α-hetero) is 1. The zero-order valence-corrected chi connectivity index (χ0v) is 11.2. The van der Waals surface area contributed by atoms with Gasteiger partial charge in [-0.25, -0.2) is 0 Å². The topological polar surface area (TPSA) is 30.2 Å². The summed E-state index contributed by atoms with van der Waals surface area (Å²) in [6.07, 6.45) is 0.531. The molecule has 1 heterocycles. The van der Waals surface area contributed by atoms with Gasteiger partial charge in [0.15, 0.2) is 16.2 Å². The van der Waals surface area contributed by atoms with Gasteiger partial charge in [-0.1, -0.05) is 27.7 Å². The quantitative estimate of drug-likeness (QED) is 0.769. The van der Waals surface area contributed by atoms with E-state index in [2.05, 4.69) is 43.6 Å². The van der Waals surface area contributed by atoms with Gasteiger partial charge in [0, 0.05) is 6.42 Å². The van der Waals surface area contributed by atoms with Crippen molar-refractivity contribution in [2.75, 3.05) is 0 Å². The summed E-state index contributed by atoms with van der Waals surface area (Å²) in [5.41, 5.74) is 0.152. The first-order valence-corrected chi connectivity index (χ1v) is 5.88. The van der Waals surface area contributed by atoms with Crippen LogP contribution in [0.25, 0.3) is 0 Å². The van der Waals surface area contributed by atoms with Crippen LogP contribution in [0.5, 0.6) is 0 Å². The van der Waals surface area contributed by atoms with E-state index in [4.69, 9.17) is 4.42 Å². The number of halogens is 1. The van der Waals surface area contributed by atoms with E-state index in [0.29, 0.717) is 22.8 Å². The van der Waals surface area contributed by atoms with Crippen molar-refractivity contribution in [2.45, 2.75) is 34.1 Å². The van der Waals surface area contributed by atoms with Crippen LogP contribution in [0.3, 0.4) is 0 Å². The molecule has 3 heteroatoms. The van der Waals surface area contributed by atoms with Crippen LogP contribution in [0.4, 0.5) is 0 Å². The SMILES string of the molecule is CC(CC(=O)c1ccc(Br)o1)C(C)(C)C. The Bertz CT molecular complexity index is 347. The zero-order valence-electron chi connectivity index (χ0n) is 9.63. The lowest BCUT2D eigenvalue weighted by molar-refractivity contribution is 0.0898. The van der Waals surface area contributed by atoms with Crippen molar-refractivity contribution in [2.24, 2.45) is 11.3 Å². The van der Waals surface area contributed by atoms with E-state index >= 15 is 0 Å². The van der Waals surface area contributed by atoms with Crippen LogP contribution in [-0.4, -0.2) is 5.78 Å².